The van der Waals surface area contributed by atoms with Crippen LogP contribution in [0.25, 0.3) is 0 Å². The maximum absolute atomic E-state index is 13.5. The van der Waals surface area contributed by atoms with Crippen molar-refractivity contribution < 1.29 is 110 Å². The fourth-order valence-electron chi connectivity index (χ4n) is 2.29. The second-order valence-electron chi connectivity index (χ2n) is 8.29. The largest absolute Gasteiger partial charge is 0.438 e. The minimum Gasteiger partial charge on any atom is -0.310 e. The Bertz CT molecular complexity index is 1150. The Morgan fingerprint density at radius 2 is 0.689 bits per heavy atom. The van der Waals surface area contributed by atoms with Crippen molar-refractivity contribution in [1.82, 2.24) is 5.32 Å². The molecule has 0 aromatic carbocycles. The lowest BCUT2D eigenvalue weighted by Gasteiger charge is -2.45. The summed E-state index contributed by atoms with van der Waals surface area (Å²) in [5.74, 6) is -88.0. The highest BCUT2D eigenvalue weighted by Crippen LogP contribution is 2.67. The third-order valence-electron chi connectivity index (χ3n) is 4.97. The summed E-state index contributed by atoms with van der Waals surface area (Å²) in [6, 6.07) is 0. The van der Waals surface area contributed by atoms with E-state index in [1.54, 1.807) is 0 Å². The van der Waals surface area contributed by atoms with Crippen molar-refractivity contribution in [2.75, 3.05) is 13.1 Å². The van der Waals surface area contributed by atoms with Gasteiger partial charge in [0, 0.05) is 20.0 Å². The highest BCUT2D eigenvalue weighted by molar-refractivity contribution is 7.87. The lowest BCUT2D eigenvalue weighted by molar-refractivity contribution is -0.471. The quantitative estimate of drug-likeness (QED) is 0.0779. The van der Waals surface area contributed by atoms with Crippen molar-refractivity contribution in [2.45, 2.75) is 71.4 Å². The molecule has 0 aliphatic carbocycles. The number of hydrogen-bond acceptors (Lipinski definition) is 3. The Morgan fingerprint density at radius 1 is 0.489 bits per heavy atom. The first-order valence-electron chi connectivity index (χ1n) is 10.2. The van der Waals surface area contributed by atoms with Gasteiger partial charge in [0.1, 0.15) is 0 Å². The average molecular weight is 743 g/mol. The lowest BCUT2D eigenvalue weighted by atomic mass is 9.85. The summed E-state index contributed by atoms with van der Waals surface area (Å²) in [4.78, 5) is 0. The fraction of sp³-hybridized carbons (Fsp3) is 0.778. The molecule has 0 rings (SSSR count). The SMILES string of the molecule is C=CCNCC=C.CC(F)(F)C(F)(F)C(F)(F)C(F)(F)C(F)(F)C(F)(F)C(F)(F)C(F)(F)C(F)(F)C(F)(F)C(F)(F)S(=O)(=O)O. The van der Waals surface area contributed by atoms with Crippen LogP contribution in [-0.2, 0) is 10.1 Å². The van der Waals surface area contributed by atoms with Gasteiger partial charge in [-0.05, 0) is 0 Å². The zero-order valence-electron chi connectivity index (χ0n) is 21.0. The molecule has 0 radical (unpaired) electrons. The van der Waals surface area contributed by atoms with Crippen LogP contribution in [0, 0.1) is 0 Å². The van der Waals surface area contributed by atoms with Crippen LogP contribution >= 0.6 is 0 Å². The molecule has 45 heavy (non-hydrogen) atoms. The minimum atomic E-state index is -9.46. The Morgan fingerprint density at radius 3 is 0.867 bits per heavy atom. The van der Waals surface area contributed by atoms with E-state index in [4.69, 9.17) is 4.55 Å². The molecule has 0 atom stereocenters. The molecular formula is C18H15F22NO3S. The van der Waals surface area contributed by atoms with E-state index in [-0.39, 0.29) is 0 Å². The van der Waals surface area contributed by atoms with Crippen molar-refractivity contribution in [3.8, 4) is 0 Å². The van der Waals surface area contributed by atoms with Gasteiger partial charge in [0.2, 0.25) is 0 Å². The van der Waals surface area contributed by atoms with Crippen LogP contribution in [0.1, 0.15) is 6.92 Å². The molecule has 2 N–H and O–H groups in total. The van der Waals surface area contributed by atoms with E-state index in [1.807, 2.05) is 12.2 Å². The first kappa shape index (κ1) is 44.9. The molecule has 0 aliphatic heterocycles. The second kappa shape index (κ2) is 12.4. The van der Waals surface area contributed by atoms with E-state index in [9.17, 15) is 105 Å². The van der Waals surface area contributed by atoms with Gasteiger partial charge in [-0.15, -0.1) is 13.2 Å². The van der Waals surface area contributed by atoms with Gasteiger partial charge in [0.25, 0.3) is 0 Å². The van der Waals surface area contributed by atoms with Gasteiger partial charge < -0.3 is 5.32 Å². The van der Waals surface area contributed by atoms with E-state index >= 15 is 0 Å². The number of nitrogens with one attached hydrogen (secondary N) is 1. The monoisotopic (exact) mass is 743 g/mol. The Kier molecular flexibility index (Phi) is 12.4. The molecule has 0 aliphatic rings. The van der Waals surface area contributed by atoms with Crippen molar-refractivity contribution >= 4 is 10.1 Å². The van der Waals surface area contributed by atoms with Gasteiger partial charge >= 0.3 is 74.6 Å². The van der Waals surface area contributed by atoms with Crippen LogP contribution in [0.15, 0.2) is 25.3 Å². The zero-order valence-corrected chi connectivity index (χ0v) is 21.8. The average Bonchev–Trinajstić information content (AvgIpc) is 2.82. The summed E-state index contributed by atoms with van der Waals surface area (Å²) in [5, 5.41) is -5.06. The van der Waals surface area contributed by atoms with Crippen molar-refractivity contribution in [2.24, 2.45) is 0 Å². The van der Waals surface area contributed by atoms with Gasteiger partial charge in [-0.3, -0.25) is 4.55 Å². The normalized spacial score (nSPS) is 15.7. The molecule has 0 saturated carbocycles. The molecule has 0 aromatic rings. The van der Waals surface area contributed by atoms with Crippen molar-refractivity contribution in [3.63, 3.8) is 0 Å². The third kappa shape index (κ3) is 6.52. The molecule has 0 amide bonds. The predicted molar refractivity (Wildman–Crippen MR) is 105 cm³/mol. The summed E-state index contributed by atoms with van der Waals surface area (Å²) >= 11 is 0. The van der Waals surface area contributed by atoms with Gasteiger partial charge in [-0.1, -0.05) is 12.2 Å². The van der Waals surface area contributed by atoms with Crippen LogP contribution in [0.2, 0.25) is 0 Å². The third-order valence-corrected chi connectivity index (χ3v) is 5.88. The highest BCUT2D eigenvalue weighted by atomic mass is 32.2. The smallest absolute Gasteiger partial charge is 0.310 e. The molecule has 4 nitrogen and oxygen atoms in total. The second-order valence-corrected chi connectivity index (χ2v) is 9.75. The molecule has 0 heterocycles. The van der Waals surface area contributed by atoms with E-state index < -0.39 is 81.5 Å². The Balaban J connectivity index is 0. The Labute approximate surface area is 235 Å². The maximum atomic E-state index is 13.5. The topological polar surface area (TPSA) is 66.4 Å². The van der Waals surface area contributed by atoms with Crippen LogP contribution < -0.4 is 5.32 Å². The lowest BCUT2D eigenvalue weighted by Crippen LogP contribution is -2.78. The number of halogens is 22. The first-order chi connectivity index (χ1) is 19.2. The van der Waals surface area contributed by atoms with Crippen LogP contribution in [0.3, 0.4) is 0 Å². The summed E-state index contributed by atoms with van der Waals surface area (Å²) in [5.41, 5.74) is 0. The summed E-state index contributed by atoms with van der Waals surface area (Å²) in [7, 11) is -8.14. The molecule has 0 fully saturated rings. The van der Waals surface area contributed by atoms with Gasteiger partial charge in [-0.2, -0.15) is 105 Å². The van der Waals surface area contributed by atoms with Crippen LogP contribution in [0.5, 0.6) is 0 Å². The van der Waals surface area contributed by atoms with Crippen LogP contribution in [0.4, 0.5) is 96.6 Å². The van der Waals surface area contributed by atoms with E-state index in [2.05, 4.69) is 18.5 Å². The number of alkyl halides is 22. The molecule has 0 unspecified atom stereocenters. The summed E-state index contributed by atoms with van der Waals surface area (Å²) in [6.45, 7) is 7.31. The van der Waals surface area contributed by atoms with Gasteiger partial charge in [0.05, 0.1) is 0 Å². The molecule has 0 saturated heterocycles. The van der Waals surface area contributed by atoms with E-state index in [0.29, 0.717) is 0 Å². The molecule has 0 aromatic heterocycles. The molecule has 0 bridgehead atoms. The molecule has 0 spiro atoms. The summed E-state index contributed by atoms with van der Waals surface area (Å²) in [6.07, 6.45) is 3.65. The van der Waals surface area contributed by atoms with E-state index in [1.165, 1.54) is 0 Å². The Hall–Kier alpha value is -2.19. The molecule has 270 valence electrons. The minimum absolute atomic E-state index is 0.867. The predicted octanol–water partition coefficient (Wildman–Crippen LogP) is 7.79. The molecular weight excluding hydrogens is 728 g/mol. The number of rotatable bonds is 15. The van der Waals surface area contributed by atoms with Gasteiger partial charge in [-0.25, -0.2) is 0 Å². The zero-order chi connectivity index (χ0) is 37.5. The highest BCUT2D eigenvalue weighted by Gasteiger charge is 2.99. The first-order valence-corrected chi connectivity index (χ1v) is 11.7. The molecule has 27 heteroatoms. The van der Waals surface area contributed by atoms with Crippen molar-refractivity contribution in [1.29, 1.82) is 0 Å². The number of hydrogen-bond donors (Lipinski definition) is 2. The van der Waals surface area contributed by atoms with Crippen LogP contribution in [-0.4, -0.2) is 90.5 Å². The summed E-state index contributed by atoms with van der Waals surface area (Å²) < 4.78 is 318. The standard InChI is InChI=1S/C12H4F22O3S.C6H11N/c1-2(13,14)3(15,16)4(17,18)5(19,20)6(21,22)7(23,24)8(25,26)9(27,28)10(29,30)11(31,32)12(33,34)38(35,36)37;1-3-5-7-6-4-2/h1H3,(H,35,36,37);3-4,7H,1-2,5-6H2. The maximum Gasteiger partial charge on any atom is 0.438 e. The fourth-order valence-corrected chi connectivity index (χ4v) is 2.74. The van der Waals surface area contributed by atoms with Crippen molar-refractivity contribution in [3.05, 3.63) is 25.3 Å². The van der Waals surface area contributed by atoms with E-state index in [0.717, 1.165) is 13.1 Å². The van der Waals surface area contributed by atoms with Gasteiger partial charge in [0.15, 0.2) is 0 Å².